The molecule has 0 atom stereocenters. The molecule has 0 fully saturated rings. The van der Waals surface area contributed by atoms with Crippen molar-refractivity contribution in [2.75, 3.05) is 0 Å². The van der Waals surface area contributed by atoms with Crippen molar-refractivity contribution in [1.82, 2.24) is 4.98 Å². The minimum absolute atomic E-state index is 0. The Morgan fingerprint density at radius 1 is 0.778 bits per heavy atom. The molecule has 0 bridgehead atoms. The van der Waals surface area contributed by atoms with Crippen molar-refractivity contribution < 1.29 is 51.0 Å². The molecule has 1 aromatic heterocycles. The fourth-order valence-corrected chi connectivity index (χ4v) is 3.89. The Bertz CT molecular complexity index is 1170. The van der Waals surface area contributed by atoms with Crippen molar-refractivity contribution >= 4 is 22.8 Å². The minimum Gasteiger partial charge on any atom is -1.00 e. The van der Waals surface area contributed by atoms with Gasteiger partial charge in [0.15, 0.2) is 0 Å². The van der Waals surface area contributed by atoms with Gasteiger partial charge in [-0.25, -0.2) is 4.98 Å². The Hall–Kier alpha value is -1.85. The standard InChI is InChI=1S/C30H35N3.2BrH.Fe/c1-8-13-24-14-9-10-17-29(24)31-22(6)27-18-12-19-28(33-27)23(7)32-30-25(20(2)3)15-11-16-26(30)21(4)5;;;/h8-12,14-21H,1,13H2,2-7H3;2*1H;/q;;;+2/p-2/b31-22+,32-23+;;;. The SMILES string of the molecule is C=CCc1ccccc1/N=C(\C)c1cccc(/C(C)=N/c2c(C(C)C)cccc2C(C)C)n1.[Br-].[Br-].[Fe+2]. The molecular weight excluding hydrogens is 618 g/mol. The van der Waals surface area contributed by atoms with Crippen LogP contribution in [0.25, 0.3) is 0 Å². The summed E-state index contributed by atoms with van der Waals surface area (Å²) in [6.07, 6.45) is 2.70. The predicted octanol–water partition coefficient (Wildman–Crippen LogP) is 2.34. The average Bonchev–Trinajstić information content (AvgIpc) is 2.80. The van der Waals surface area contributed by atoms with Crippen molar-refractivity contribution in [3.63, 3.8) is 0 Å². The zero-order valence-corrected chi connectivity index (χ0v) is 26.1. The summed E-state index contributed by atoms with van der Waals surface area (Å²) in [4.78, 5) is 14.9. The number of nitrogens with zero attached hydrogens (tertiary/aromatic N) is 3. The Morgan fingerprint density at radius 3 is 1.81 bits per heavy atom. The van der Waals surface area contributed by atoms with Gasteiger partial charge in [0, 0.05) is 0 Å². The van der Waals surface area contributed by atoms with Gasteiger partial charge >= 0.3 is 17.1 Å². The second-order valence-electron chi connectivity index (χ2n) is 9.02. The van der Waals surface area contributed by atoms with E-state index in [0.29, 0.717) is 11.8 Å². The Morgan fingerprint density at radius 2 is 1.28 bits per heavy atom. The zero-order valence-electron chi connectivity index (χ0n) is 21.9. The number of allylic oxidation sites excluding steroid dienone is 1. The predicted molar refractivity (Wildman–Crippen MR) is 143 cm³/mol. The Balaban J connectivity index is 0.00000408. The molecule has 0 amide bonds. The third-order valence-electron chi connectivity index (χ3n) is 5.76. The first-order valence-corrected chi connectivity index (χ1v) is 11.7. The third kappa shape index (κ3) is 8.62. The van der Waals surface area contributed by atoms with Gasteiger partial charge < -0.3 is 34.0 Å². The fraction of sp³-hybridized carbons (Fsp3) is 0.300. The van der Waals surface area contributed by atoms with Gasteiger partial charge in [-0.05, 0) is 67.0 Å². The number of halogens is 2. The van der Waals surface area contributed by atoms with Gasteiger partial charge in [0.2, 0.25) is 0 Å². The molecule has 192 valence electrons. The van der Waals surface area contributed by atoms with Crippen LogP contribution in [-0.2, 0) is 23.5 Å². The smallest absolute Gasteiger partial charge is 1.00 e. The summed E-state index contributed by atoms with van der Waals surface area (Å²) >= 11 is 0. The molecule has 6 heteroatoms. The second kappa shape index (κ2) is 16.1. The van der Waals surface area contributed by atoms with E-state index in [4.69, 9.17) is 15.0 Å². The van der Waals surface area contributed by atoms with Gasteiger partial charge in [-0.1, -0.05) is 76.2 Å². The van der Waals surface area contributed by atoms with E-state index in [9.17, 15) is 0 Å². The first kappa shape index (κ1) is 34.1. The first-order valence-electron chi connectivity index (χ1n) is 11.7. The number of hydrogen-bond acceptors (Lipinski definition) is 3. The van der Waals surface area contributed by atoms with E-state index in [-0.39, 0.29) is 51.0 Å². The van der Waals surface area contributed by atoms with Gasteiger partial charge in [-0.15, -0.1) is 6.58 Å². The van der Waals surface area contributed by atoms with Crippen molar-refractivity contribution in [2.45, 2.75) is 59.8 Å². The van der Waals surface area contributed by atoms with Crippen LogP contribution in [0.2, 0.25) is 0 Å². The number of para-hydroxylation sites is 2. The molecule has 0 aliphatic rings. The number of aromatic nitrogens is 1. The van der Waals surface area contributed by atoms with Crippen LogP contribution in [0.5, 0.6) is 0 Å². The van der Waals surface area contributed by atoms with Gasteiger partial charge in [-0.2, -0.15) is 0 Å². The van der Waals surface area contributed by atoms with Crippen LogP contribution in [0.1, 0.15) is 81.5 Å². The molecule has 0 saturated carbocycles. The topological polar surface area (TPSA) is 37.6 Å². The Labute approximate surface area is 248 Å². The molecule has 1 heterocycles. The van der Waals surface area contributed by atoms with Crippen LogP contribution in [0.3, 0.4) is 0 Å². The number of benzene rings is 2. The van der Waals surface area contributed by atoms with E-state index in [1.54, 1.807) is 0 Å². The van der Waals surface area contributed by atoms with Crippen LogP contribution in [0.4, 0.5) is 11.4 Å². The molecular formula is C30H35Br2FeN3. The Kier molecular flexibility index (Phi) is 15.3. The molecule has 3 nitrogen and oxygen atoms in total. The zero-order chi connectivity index (χ0) is 24.0. The summed E-state index contributed by atoms with van der Waals surface area (Å²) < 4.78 is 0. The van der Waals surface area contributed by atoms with Crippen molar-refractivity contribution in [3.05, 3.63) is 101 Å². The quantitative estimate of drug-likeness (QED) is 0.209. The van der Waals surface area contributed by atoms with Crippen molar-refractivity contribution in [3.8, 4) is 0 Å². The van der Waals surface area contributed by atoms with Gasteiger partial charge in [0.1, 0.15) is 0 Å². The van der Waals surface area contributed by atoms with E-state index in [0.717, 1.165) is 46.2 Å². The van der Waals surface area contributed by atoms with E-state index in [1.165, 1.54) is 11.1 Å². The molecule has 0 unspecified atom stereocenters. The van der Waals surface area contributed by atoms with Crippen molar-refractivity contribution in [1.29, 1.82) is 0 Å². The summed E-state index contributed by atoms with van der Waals surface area (Å²) in [6.45, 7) is 16.8. The van der Waals surface area contributed by atoms with Crippen LogP contribution in [-0.4, -0.2) is 16.4 Å². The fourth-order valence-electron chi connectivity index (χ4n) is 3.89. The normalized spacial score (nSPS) is 11.4. The maximum Gasteiger partial charge on any atom is 2.00 e. The molecule has 0 spiro atoms. The van der Waals surface area contributed by atoms with Gasteiger partial charge in [0.25, 0.3) is 0 Å². The van der Waals surface area contributed by atoms with Gasteiger partial charge in [0.05, 0.1) is 34.2 Å². The molecule has 36 heavy (non-hydrogen) atoms. The summed E-state index contributed by atoms with van der Waals surface area (Å²) in [5, 5.41) is 0. The molecule has 0 N–H and O–H groups in total. The monoisotopic (exact) mass is 651 g/mol. The number of aliphatic imine (C=N–C) groups is 2. The third-order valence-corrected chi connectivity index (χ3v) is 5.76. The maximum atomic E-state index is 5.10. The van der Waals surface area contributed by atoms with E-state index in [2.05, 4.69) is 58.5 Å². The van der Waals surface area contributed by atoms with Crippen LogP contribution in [0.15, 0.2) is 83.3 Å². The summed E-state index contributed by atoms with van der Waals surface area (Å²) in [7, 11) is 0. The molecule has 0 radical (unpaired) electrons. The average molecular weight is 653 g/mol. The van der Waals surface area contributed by atoms with E-state index >= 15 is 0 Å². The molecule has 2 aromatic carbocycles. The second-order valence-corrected chi connectivity index (χ2v) is 9.02. The summed E-state index contributed by atoms with van der Waals surface area (Å²) in [5.41, 5.74) is 9.26. The molecule has 0 saturated heterocycles. The largest absolute Gasteiger partial charge is 2.00 e. The molecule has 0 aliphatic heterocycles. The number of rotatable bonds is 8. The minimum atomic E-state index is 0. The van der Waals surface area contributed by atoms with E-state index in [1.807, 2.05) is 56.3 Å². The van der Waals surface area contributed by atoms with Crippen LogP contribution in [0, 0.1) is 0 Å². The number of hydrogen-bond donors (Lipinski definition) is 0. The maximum absolute atomic E-state index is 5.10. The molecule has 3 aromatic rings. The number of pyridine rings is 1. The van der Waals surface area contributed by atoms with Crippen molar-refractivity contribution in [2.24, 2.45) is 9.98 Å². The summed E-state index contributed by atoms with van der Waals surface area (Å²) in [5.74, 6) is 0.805. The van der Waals surface area contributed by atoms with Gasteiger partial charge in [-0.3, -0.25) is 9.98 Å². The van der Waals surface area contributed by atoms with E-state index < -0.39 is 0 Å². The molecule has 3 rings (SSSR count). The first-order chi connectivity index (χ1) is 15.8. The van der Waals surface area contributed by atoms with Crippen LogP contribution >= 0.6 is 0 Å². The summed E-state index contributed by atoms with van der Waals surface area (Å²) in [6, 6.07) is 20.7. The molecule has 0 aliphatic carbocycles. The van der Waals surface area contributed by atoms with Crippen LogP contribution < -0.4 is 34.0 Å².